The van der Waals surface area contributed by atoms with E-state index in [0.29, 0.717) is 34.1 Å². The van der Waals surface area contributed by atoms with Gasteiger partial charge >= 0.3 is 0 Å². The van der Waals surface area contributed by atoms with Gasteiger partial charge in [0.1, 0.15) is 11.3 Å². The first-order valence-corrected chi connectivity index (χ1v) is 9.89. The number of fused-ring (bicyclic) bond motifs is 2. The Morgan fingerprint density at radius 2 is 1.78 bits per heavy atom. The zero-order valence-corrected chi connectivity index (χ0v) is 17.5. The molecule has 0 spiro atoms. The molecule has 0 fully saturated rings. The number of hydrogen-bond donors (Lipinski definition) is 3. The molecule has 0 aliphatic heterocycles. The van der Waals surface area contributed by atoms with Gasteiger partial charge in [-0.3, -0.25) is 30.2 Å². The van der Waals surface area contributed by atoms with Gasteiger partial charge in [-0.2, -0.15) is 0 Å². The Bertz CT molecular complexity index is 1430. The number of carbonyl (C=O) groups excluding carboxylic acids is 2. The summed E-state index contributed by atoms with van der Waals surface area (Å²) >= 11 is 0. The van der Waals surface area contributed by atoms with Gasteiger partial charge in [0, 0.05) is 24.3 Å². The van der Waals surface area contributed by atoms with Crippen LogP contribution in [0.2, 0.25) is 0 Å². The minimum Gasteiger partial charge on any atom is -0.497 e. The topological polar surface area (TPSA) is 128 Å². The third kappa shape index (κ3) is 3.60. The number of ether oxygens (including phenoxy) is 1. The Labute approximate surface area is 182 Å². The molecule has 4 N–H and O–H groups in total. The molecule has 0 unspecified atom stereocenters. The molecule has 0 radical (unpaired) electrons. The van der Waals surface area contributed by atoms with Crippen LogP contribution in [0.1, 0.15) is 27.6 Å². The predicted molar refractivity (Wildman–Crippen MR) is 122 cm³/mol. The van der Waals surface area contributed by atoms with Crippen LogP contribution in [-0.2, 0) is 6.54 Å². The molecule has 0 aliphatic carbocycles. The summed E-state index contributed by atoms with van der Waals surface area (Å²) in [5.41, 5.74) is 11.8. The molecule has 0 bridgehead atoms. The lowest BCUT2D eigenvalue weighted by molar-refractivity contribution is 0.0846. The van der Waals surface area contributed by atoms with Crippen LogP contribution in [0.25, 0.3) is 21.8 Å². The Kier molecular flexibility index (Phi) is 5.46. The molecule has 162 valence electrons. The number of methoxy groups -OCH3 is 1. The fourth-order valence-corrected chi connectivity index (χ4v) is 3.52. The minimum absolute atomic E-state index is 0.109. The molecule has 0 saturated carbocycles. The second-order valence-corrected chi connectivity index (χ2v) is 7.05. The Balaban J connectivity index is 1.62. The van der Waals surface area contributed by atoms with Gasteiger partial charge in [0.05, 0.1) is 34.8 Å². The van der Waals surface area contributed by atoms with E-state index in [1.807, 2.05) is 13.0 Å². The minimum atomic E-state index is -0.748. The van der Waals surface area contributed by atoms with Gasteiger partial charge in [-0.25, -0.2) is 0 Å². The molecule has 0 saturated heterocycles. The summed E-state index contributed by atoms with van der Waals surface area (Å²) in [6.07, 6.45) is 2.80. The van der Waals surface area contributed by atoms with Crippen molar-refractivity contribution >= 4 is 39.3 Å². The van der Waals surface area contributed by atoms with E-state index in [9.17, 15) is 14.4 Å². The van der Waals surface area contributed by atoms with Crippen molar-refractivity contribution in [1.82, 2.24) is 20.4 Å². The quantitative estimate of drug-likeness (QED) is 0.425. The highest BCUT2D eigenvalue weighted by Gasteiger charge is 2.18. The number of rotatable bonds is 4. The maximum atomic E-state index is 12.9. The van der Waals surface area contributed by atoms with E-state index < -0.39 is 17.2 Å². The fraction of sp³-hybridized carbons (Fsp3) is 0.130. The molecule has 0 aliphatic rings. The molecule has 9 heteroatoms. The molecule has 4 rings (SSSR count). The summed E-state index contributed by atoms with van der Waals surface area (Å²) < 4.78 is 6.97. The number of pyridine rings is 2. The summed E-state index contributed by atoms with van der Waals surface area (Å²) in [5, 5.41) is 0.967. The zero-order chi connectivity index (χ0) is 22.8. The van der Waals surface area contributed by atoms with E-state index in [1.54, 1.807) is 41.0 Å². The lowest BCUT2D eigenvalue weighted by Crippen LogP contribution is -2.43. The summed E-state index contributed by atoms with van der Waals surface area (Å²) in [6, 6.07) is 12.2. The molecular formula is C23H21N5O4. The number of hydrazine groups is 1. The summed E-state index contributed by atoms with van der Waals surface area (Å²) in [6.45, 7) is 2.43. The van der Waals surface area contributed by atoms with Crippen molar-refractivity contribution in [3.8, 4) is 5.75 Å². The van der Waals surface area contributed by atoms with Crippen LogP contribution in [0, 0.1) is 0 Å². The molecule has 2 amide bonds. The maximum Gasteiger partial charge on any atom is 0.275 e. The largest absolute Gasteiger partial charge is 0.497 e. The number of carbonyl (C=O) groups is 2. The number of anilines is 1. The van der Waals surface area contributed by atoms with Gasteiger partial charge in [-0.1, -0.05) is 18.2 Å². The van der Waals surface area contributed by atoms with Gasteiger partial charge < -0.3 is 15.0 Å². The summed E-state index contributed by atoms with van der Waals surface area (Å²) in [4.78, 5) is 42.5. The van der Waals surface area contributed by atoms with Crippen molar-refractivity contribution in [1.29, 1.82) is 0 Å². The van der Waals surface area contributed by atoms with Crippen molar-refractivity contribution in [2.24, 2.45) is 0 Å². The highest BCUT2D eigenvalue weighted by molar-refractivity contribution is 6.07. The molecular weight excluding hydrogens is 410 g/mol. The molecule has 9 nitrogen and oxygen atoms in total. The van der Waals surface area contributed by atoms with Crippen LogP contribution in [0.4, 0.5) is 5.69 Å². The smallest absolute Gasteiger partial charge is 0.275 e. The third-order valence-electron chi connectivity index (χ3n) is 5.22. The Morgan fingerprint density at radius 1 is 1.06 bits per heavy atom. The predicted octanol–water partition coefficient (Wildman–Crippen LogP) is 2.24. The first-order valence-electron chi connectivity index (χ1n) is 9.89. The van der Waals surface area contributed by atoms with Crippen LogP contribution in [-0.4, -0.2) is 28.5 Å². The molecule has 0 atom stereocenters. The van der Waals surface area contributed by atoms with Gasteiger partial charge in [0.15, 0.2) is 0 Å². The average Bonchev–Trinajstić information content (AvgIpc) is 2.82. The van der Waals surface area contributed by atoms with Gasteiger partial charge in [0.2, 0.25) is 5.43 Å². The summed E-state index contributed by atoms with van der Waals surface area (Å²) in [7, 11) is 1.50. The van der Waals surface area contributed by atoms with E-state index in [4.69, 9.17) is 10.5 Å². The van der Waals surface area contributed by atoms with Crippen molar-refractivity contribution < 1.29 is 14.3 Å². The summed E-state index contributed by atoms with van der Waals surface area (Å²) in [5.74, 6) is -0.891. The number of aryl methyl sites for hydroxylation is 1. The zero-order valence-electron chi connectivity index (χ0n) is 17.5. The monoisotopic (exact) mass is 431 g/mol. The van der Waals surface area contributed by atoms with Crippen molar-refractivity contribution in [2.75, 3.05) is 12.8 Å². The van der Waals surface area contributed by atoms with Crippen LogP contribution in [0.3, 0.4) is 0 Å². The first kappa shape index (κ1) is 20.9. The Hall–Kier alpha value is -4.40. The van der Waals surface area contributed by atoms with Crippen LogP contribution >= 0.6 is 0 Å². The average molecular weight is 431 g/mol. The van der Waals surface area contributed by atoms with Crippen molar-refractivity contribution in [3.63, 3.8) is 0 Å². The van der Waals surface area contributed by atoms with Crippen molar-refractivity contribution in [3.05, 3.63) is 76.2 Å². The number of nitrogen functional groups attached to an aromatic ring is 1. The Morgan fingerprint density at radius 3 is 2.50 bits per heavy atom. The number of aromatic nitrogens is 2. The van der Waals surface area contributed by atoms with Crippen molar-refractivity contribution in [2.45, 2.75) is 13.5 Å². The second-order valence-electron chi connectivity index (χ2n) is 7.05. The van der Waals surface area contributed by atoms with Gasteiger partial charge in [0.25, 0.3) is 11.8 Å². The normalized spacial score (nSPS) is 10.8. The van der Waals surface area contributed by atoms with Gasteiger partial charge in [-0.15, -0.1) is 0 Å². The van der Waals surface area contributed by atoms with Crippen LogP contribution < -0.4 is 26.8 Å². The molecule has 2 aromatic heterocycles. The maximum absolute atomic E-state index is 12.9. The number of amides is 2. The third-order valence-corrected chi connectivity index (χ3v) is 5.22. The SMILES string of the molecule is CCn1cc(C(=O)NNC(=O)c2cnc3ccccc3c2N)c(=O)c2cc(OC)ccc21. The standard InChI is InChI=1S/C23H21N5O4/c1-3-28-12-17(21(29)15-10-13(32-2)8-9-19(15)28)23(31)27-26-22(30)16-11-25-18-7-5-4-6-14(18)20(16)24/h4-12H,3H2,1-2H3,(H2,24,25)(H,26,30)(H,27,31). The lowest BCUT2D eigenvalue weighted by atomic mass is 10.1. The number of nitrogens with zero attached hydrogens (tertiary/aromatic N) is 2. The molecule has 2 heterocycles. The number of benzene rings is 2. The second kappa shape index (κ2) is 8.38. The van der Waals surface area contributed by atoms with E-state index in [1.165, 1.54) is 19.5 Å². The molecule has 32 heavy (non-hydrogen) atoms. The molecule has 2 aromatic carbocycles. The van der Waals surface area contributed by atoms with E-state index in [0.717, 1.165) is 0 Å². The van der Waals surface area contributed by atoms with Gasteiger partial charge in [-0.05, 0) is 31.2 Å². The lowest BCUT2D eigenvalue weighted by Gasteiger charge is -2.13. The van der Waals surface area contributed by atoms with E-state index >= 15 is 0 Å². The van der Waals surface area contributed by atoms with Crippen LogP contribution in [0.5, 0.6) is 5.75 Å². The number of hydrogen-bond acceptors (Lipinski definition) is 6. The van der Waals surface area contributed by atoms with E-state index in [2.05, 4.69) is 15.8 Å². The number of nitrogens with two attached hydrogens (primary N) is 1. The number of para-hydroxylation sites is 1. The first-order chi connectivity index (χ1) is 15.4. The molecule has 4 aromatic rings. The highest BCUT2D eigenvalue weighted by atomic mass is 16.5. The number of nitrogens with one attached hydrogen (secondary N) is 2. The highest BCUT2D eigenvalue weighted by Crippen LogP contribution is 2.22. The van der Waals surface area contributed by atoms with Crippen LogP contribution in [0.15, 0.2) is 59.7 Å². The van der Waals surface area contributed by atoms with E-state index in [-0.39, 0.29) is 16.8 Å². The fourth-order valence-electron chi connectivity index (χ4n) is 3.52.